The van der Waals surface area contributed by atoms with Crippen LogP contribution in [-0.4, -0.2) is 45.1 Å². The molecule has 1 aromatic carbocycles. The zero-order valence-electron chi connectivity index (χ0n) is 10.5. The molecule has 1 amide bonds. The Bertz CT molecular complexity index is 393. The number of methoxy groups -OCH3 is 1. The lowest BCUT2D eigenvalue weighted by Crippen LogP contribution is -2.33. The first-order chi connectivity index (χ1) is 8.10. The van der Waals surface area contributed by atoms with Crippen LogP contribution in [0.15, 0.2) is 18.2 Å². The number of hydrogen-bond donors (Lipinski definition) is 2. The van der Waals surface area contributed by atoms with Gasteiger partial charge in [0.25, 0.3) is 5.91 Å². The molecule has 0 spiro atoms. The molecule has 1 rings (SSSR count). The average molecular weight is 237 g/mol. The van der Waals surface area contributed by atoms with Crippen LogP contribution in [0, 0.1) is 0 Å². The van der Waals surface area contributed by atoms with E-state index in [1.165, 1.54) is 0 Å². The van der Waals surface area contributed by atoms with Crippen molar-refractivity contribution in [1.29, 1.82) is 0 Å². The van der Waals surface area contributed by atoms with Crippen LogP contribution in [0.3, 0.4) is 0 Å². The van der Waals surface area contributed by atoms with Crippen LogP contribution in [0.4, 0.5) is 5.69 Å². The zero-order chi connectivity index (χ0) is 12.8. The van der Waals surface area contributed by atoms with Crippen LogP contribution in [-0.2, 0) is 0 Å². The number of anilines is 1. The van der Waals surface area contributed by atoms with Crippen LogP contribution in [0.25, 0.3) is 0 Å². The summed E-state index contributed by atoms with van der Waals surface area (Å²) in [6, 6.07) is 5.07. The topological polar surface area (TPSA) is 67.6 Å². The van der Waals surface area contributed by atoms with E-state index in [4.69, 9.17) is 10.5 Å². The fourth-order valence-electron chi connectivity index (χ4n) is 1.45. The van der Waals surface area contributed by atoms with Crippen molar-refractivity contribution in [2.24, 2.45) is 0 Å². The van der Waals surface area contributed by atoms with Gasteiger partial charge in [0.05, 0.1) is 12.7 Å². The first kappa shape index (κ1) is 13.3. The van der Waals surface area contributed by atoms with Gasteiger partial charge in [0, 0.05) is 31.9 Å². The Morgan fingerprint density at radius 2 is 2.24 bits per heavy atom. The summed E-state index contributed by atoms with van der Waals surface area (Å²) < 4.78 is 5.04. The van der Waals surface area contributed by atoms with Gasteiger partial charge in [-0.3, -0.25) is 4.79 Å². The van der Waals surface area contributed by atoms with Crippen molar-refractivity contribution in [2.45, 2.75) is 0 Å². The van der Waals surface area contributed by atoms with E-state index in [9.17, 15) is 4.79 Å². The first-order valence-electron chi connectivity index (χ1n) is 5.43. The summed E-state index contributed by atoms with van der Waals surface area (Å²) in [6.07, 6.45) is 0. The first-order valence-corrected chi connectivity index (χ1v) is 5.43. The van der Waals surface area contributed by atoms with E-state index in [1.807, 2.05) is 7.05 Å². The number of amides is 1. The molecule has 0 aliphatic rings. The number of nitrogens with one attached hydrogen (secondary N) is 1. The van der Waals surface area contributed by atoms with Gasteiger partial charge in [-0.05, 0) is 19.2 Å². The number of benzene rings is 1. The summed E-state index contributed by atoms with van der Waals surface area (Å²) in [5.41, 5.74) is 6.76. The largest absolute Gasteiger partial charge is 0.497 e. The van der Waals surface area contributed by atoms with Gasteiger partial charge in [-0.15, -0.1) is 0 Å². The molecule has 0 heterocycles. The van der Waals surface area contributed by atoms with E-state index in [-0.39, 0.29) is 5.91 Å². The van der Waals surface area contributed by atoms with Gasteiger partial charge < -0.3 is 20.7 Å². The third-order valence-electron chi connectivity index (χ3n) is 2.53. The van der Waals surface area contributed by atoms with E-state index in [1.54, 1.807) is 37.3 Å². The summed E-state index contributed by atoms with van der Waals surface area (Å²) >= 11 is 0. The minimum Gasteiger partial charge on any atom is -0.497 e. The molecule has 0 bridgehead atoms. The Balaban J connectivity index is 2.81. The summed E-state index contributed by atoms with van der Waals surface area (Å²) in [4.78, 5) is 13.7. The normalized spacial score (nSPS) is 10.1. The molecule has 0 radical (unpaired) electrons. The van der Waals surface area contributed by atoms with Crippen LogP contribution in [0.2, 0.25) is 0 Å². The molecular formula is C12H19N3O2. The van der Waals surface area contributed by atoms with Crippen LogP contribution in [0.5, 0.6) is 5.75 Å². The molecule has 0 aliphatic heterocycles. The minimum absolute atomic E-state index is 0.0830. The summed E-state index contributed by atoms with van der Waals surface area (Å²) in [6.45, 7) is 1.39. The number of likely N-dealkylation sites (N-methyl/N-ethyl adjacent to an activating group) is 2. The number of nitrogen functional groups attached to an aromatic ring is 1. The Kier molecular flexibility index (Phi) is 4.78. The average Bonchev–Trinajstić information content (AvgIpc) is 2.34. The molecule has 0 fully saturated rings. The summed E-state index contributed by atoms with van der Waals surface area (Å²) in [7, 11) is 5.17. The van der Waals surface area contributed by atoms with Gasteiger partial charge in [0.1, 0.15) is 5.75 Å². The van der Waals surface area contributed by atoms with Crippen LogP contribution >= 0.6 is 0 Å². The van der Waals surface area contributed by atoms with Crippen LogP contribution in [0.1, 0.15) is 10.4 Å². The number of hydrogen-bond acceptors (Lipinski definition) is 4. The molecule has 3 N–H and O–H groups in total. The predicted molar refractivity (Wildman–Crippen MR) is 68.3 cm³/mol. The highest BCUT2D eigenvalue weighted by atomic mass is 16.5. The van der Waals surface area contributed by atoms with Crippen molar-refractivity contribution in [3.05, 3.63) is 23.8 Å². The number of nitrogens with two attached hydrogens (primary N) is 1. The molecule has 0 atom stereocenters. The maximum Gasteiger partial charge on any atom is 0.255 e. The second kappa shape index (κ2) is 6.10. The smallest absolute Gasteiger partial charge is 0.255 e. The van der Waals surface area contributed by atoms with Crippen molar-refractivity contribution >= 4 is 11.6 Å². The number of rotatable bonds is 5. The molecule has 17 heavy (non-hydrogen) atoms. The summed E-state index contributed by atoms with van der Waals surface area (Å²) in [5, 5.41) is 2.99. The third-order valence-corrected chi connectivity index (χ3v) is 2.53. The molecule has 0 aromatic heterocycles. The molecule has 94 valence electrons. The SMILES string of the molecule is CNCCN(C)C(=O)c1ccc(OC)cc1N. The minimum atomic E-state index is -0.0830. The molecular weight excluding hydrogens is 218 g/mol. The van der Waals surface area contributed by atoms with E-state index in [0.29, 0.717) is 23.5 Å². The van der Waals surface area contributed by atoms with Crippen molar-refractivity contribution < 1.29 is 9.53 Å². The number of carbonyl (C=O) groups excluding carboxylic acids is 1. The maximum atomic E-state index is 12.0. The van der Waals surface area contributed by atoms with Crippen molar-refractivity contribution in [2.75, 3.05) is 40.0 Å². The van der Waals surface area contributed by atoms with E-state index in [0.717, 1.165) is 6.54 Å². The Morgan fingerprint density at radius 3 is 2.76 bits per heavy atom. The Hall–Kier alpha value is -1.75. The molecule has 0 saturated carbocycles. The van der Waals surface area contributed by atoms with Gasteiger partial charge >= 0.3 is 0 Å². The Morgan fingerprint density at radius 1 is 1.53 bits per heavy atom. The predicted octanol–water partition coefficient (Wildman–Crippen LogP) is 0.569. The lowest BCUT2D eigenvalue weighted by Gasteiger charge is -2.18. The molecule has 1 aromatic rings. The van der Waals surface area contributed by atoms with Crippen molar-refractivity contribution in [1.82, 2.24) is 10.2 Å². The van der Waals surface area contributed by atoms with E-state index in [2.05, 4.69) is 5.32 Å². The Labute approximate surface area is 102 Å². The molecule has 5 heteroatoms. The lowest BCUT2D eigenvalue weighted by molar-refractivity contribution is 0.0798. The number of nitrogens with zero attached hydrogens (tertiary/aromatic N) is 1. The third kappa shape index (κ3) is 3.35. The maximum absolute atomic E-state index is 12.0. The van der Waals surface area contributed by atoms with E-state index >= 15 is 0 Å². The van der Waals surface area contributed by atoms with Gasteiger partial charge in [0.15, 0.2) is 0 Å². The number of ether oxygens (including phenoxy) is 1. The fourth-order valence-corrected chi connectivity index (χ4v) is 1.45. The summed E-state index contributed by atoms with van der Waals surface area (Å²) in [5.74, 6) is 0.567. The zero-order valence-corrected chi connectivity index (χ0v) is 10.5. The fraction of sp³-hybridized carbons (Fsp3) is 0.417. The highest BCUT2D eigenvalue weighted by Crippen LogP contribution is 2.20. The molecule has 0 saturated heterocycles. The van der Waals surface area contributed by atoms with Gasteiger partial charge in [-0.2, -0.15) is 0 Å². The van der Waals surface area contributed by atoms with Gasteiger partial charge in [-0.1, -0.05) is 0 Å². The molecule has 5 nitrogen and oxygen atoms in total. The van der Waals surface area contributed by atoms with Crippen molar-refractivity contribution in [3.8, 4) is 5.75 Å². The second-order valence-electron chi connectivity index (χ2n) is 3.78. The standard InChI is InChI=1S/C12H19N3O2/c1-14-6-7-15(2)12(16)10-5-4-9(17-3)8-11(10)13/h4-5,8,14H,6-7,13H2,1-3H3. The molecule has 0 unspecified atom stereocenters. The van der Waals surface area contributed by atoms with Gasteiger partial charge in [0.2, 0.25) is 0 Å². The highest BCUT2D eigenvalue weighted by molar-refractivity contribution is 5.99. The van der Waals surface area contributed by atoms with E-state index < -0.39 is 0 Å². The van der Waals surface area contributed by atoms with Gasteiger partial charge in [-0.25, -0.2) is 0 Å². The quantitative estimate of drug-likeness (QED) is 0.735. The number of carbonyl (C=O) groups is 1. The monoisotopic (exact) mass is 237 g/mol. The lowest BCUT2D eigenvalue weighted by atomic mass is 10.1. The van der Waals surface area contributed by atoms with Crippen LogP contribution < -0.4 is 15.8 Å². The second-order valence-corrected chi connectivity index (χ2v) is 3.78. The molecule has 0 aliphatic carbocycles. The highest BCUT2D eigenvalue weighted by Gasteiger charge is 2.14. The van der Waals surface area contributed by atoms with Crippen molar-refractivity contribution in [3.63, 3.8) is 0 Å².